The smallest absolute Gasteiger partial charge is 0.0534 e. The molecule has 1 aromatic rings. The molecule has 3 heteroatoms. The maximum atomic E-state index is 4.55. The van der Waals surface area contributed by atoms with Crippen LogP contribution in [0.2, 0.25) is 0 Å². The van der Waals surface area contributed by atoms with E-state index in [9.17, 15) is 0 Å². The zero-order valence-electron chi connectivity index (χ0n) is 11.9. The lowest BCUT2D eigenvalue weighted by molar-refractivity contribution is 0.256. The van der Waals surface area contributed by atoms with Crippen molar-refractivity contribution in [3.05, 3.63) is 18.0 Å². The molecular formula is C15H27N3. The summed E-state index contributed by atoms with van der Waals surface area (Å²) in [7, 11) is 0. The molecule has 102 valence electrons. The summed E-state index contributed by atoms with van der Waals surface area (Å²) >= 11 is 0. The molecule has 0 bridgehead atoms. The van der Waals surface area contributed by atoms with Crippen molar-refractivity contribution in [1.82, 2.24) is 15.1 Å². The van der Waals surface area contributed by atoms with Crippen LogP contribution in [0.15, 0.2) is 12.4 Å². The van der Waals surface area contributed by atoms with Gasteiger partial charge in [-0.1, -0.05) is 20.3 Å². The molecule has 0 saturated heterocycles. The normalized spacial score (nSPS) is 24.3. The van der Waals surface area contributed by atoms with Gasteiger partial charge in [0.15, 0.2) is 0 Å². The second-order valence-corrected chi connectivity index (χ2v) is 5.59. The van der Waals surface area contributed by atoms with Crippen LogP contribution in [0, 0.1) is 5.92 Å². The van der Waals surface area contributed by atoms with Crippen molar-refractivity contribution >= 4 is 0 Å². The van der Waals surface area contributed by atoms with Crippen molar-refractivity contribution in [3.63, 3.8) is 0 Å². The predicted octanol–water partition coefficient (Wildman–Crippen LogP) is 3.52. The first-order valence-electron chi connectivity index (χ1n) is 7.57. The minimum Gasteiger partial charge on any atom is -0.313 e. The summed E-state index contributed by atoms with van der Waals surface area (Å²) in [6.07, 6.45) is 12.2. The number of hydrogen-bond donors (Lipinski definition) is 1. The maximum Gasteiger partial charge on any atom is 0.0534 e. The summed E-state index contributed by atoms with van der Waals surface area (Å²) < 4.78 is 2.20. The van der Waals surface area contributed by atoms with Gasteiger partial charge in [0.1, 0.15) is 0 Å². The summed E-state index contributed by atoms with van der Waals surface area (Å²) in [5.74, 6) is 0.961. The number of aromatic nitrogens is 2. The standard InChI is InChI=1S/C15H27N3/c1-3-9-16-10-14-11-17-18(12-14)15-7-5-13(4-2)6-8-15/h11-13,15-16H,3-10H2,1-2H3. The summed E-state index contributed by atoms with van der Waals surface area (Å²) in [6, 6.07) is 0.646. The predicted molar refractivity (Wildman–Crippen MR) is 75.5 cm³/mol. The zero-order chi connectivity index (χ0) is 12.8. The molecule has 3 nitrogen and oxygen atoms in total. The monoisotopic (exact) mass is 249 g/mol. The first-order chi connectivity index (χ1) is 8.83. The van der Waals surface area contributed by atoms with Gasteiger partial charge >= 0.3 is 0 Å². The molecule has 0 spiro atoms. The van der Waals surface area contributed by atoms with Gasteiger partial charge in [0.25, 0.3) is 0 Å². The van der Waals surface area contributed by atoms with E-state index in [0.717, 1.165) is 19.0 Å². The van der Waals surface area contributed by atoms with Gasteiger partial charge in [-0.2, -0.15) is 5.10 Å². The molecule has 1 aliphatic carbocycles. The summed E-state index contributed by atoms with van der Waals surface area (Å²) in [4.78, 5) is 0. The van der Waals surface area contributed by atoms with E-state index in [2.05, 4.69) is 35.1 Å². The molecule has 1 fully saturated rings. The van der Waals surface area contributed by atoms with Gasteiger partial charge in [0, 0.05) is 18.3 Å². The SMILES string of the molecule is CCCNCc1cnn(C2CCC(CC)CC2)c1. The molecule has 0 aromatic carbocycles. The highest BCUT2D eigenvalue weighted by atomic mass is 15.3. The molecule has 0 unspecified atom stereocenters. The van der Waals surface area contributed by atoms with E-state index in [1.807, 2.05) is 6.20 Å². The minimum absolute atomic E-state index is 0.646. The highest BCUT2D eigenvalue weighted by Crippen LogP contribution is 2.33. The van der Waals surface area contributed by atoms with E-state index in [-0.39, 0.29) is 0 Å². The zero-order valence-corrected chi connectivity index (χ0v) is 11.9. The molecule has 0 aliphatic heterocycles. The van der Waals surface area contributed by atoms with E-state index in [0.29, 0.717) is 6.04 Å². The van der Waals surface area contributed by atoms with Crippen LogP contribution >= 0.6 is 0 Å². The quantitative estimate of drug-likeness (QED) is 0.782. The van der Waals surface area contributed by atoms with Gasteiger partial charge in [-0.25, -0.2) is 0 Å². The molecular weight excluding hydrogens is 222 g/mol. The summed E-state index contributed by atoms with van der Waals surface area (Å²) in [5, 5.41) is 7.98. The Hall–Kier alpha value is -0.830. The highest BCUT2D eigenvalue weighted by molar-refractivity contribution is 5.04. The Morgan fingerprint density at radius 2 is 2.06 bits per heavy atom. The Labute approximate surface area is 111 Å². The fourth-order valence-corrected chi connectivity index (χ4v) is 2.90. The van der Waals surface area contributed by atoms with Crippen LogP contribution in [0.25, 0.3) is 0 Å². The van der Waals surface area contributed by atoms with Crippen LogP contribution in [0.4, 0.5) is 0 Å². The lowest BCUT2D eigenvalue weighted by Crippen LogP contribution is -2.18. The Kier molecular flexibility index (Phi) is 5.24. The maximum absolute atomic E-state index is 4.55. The number of nitrogens with one attached hydrogen (secondary N) is 1. The van der Waals surface area contributed by atoms with Crippen molar-refractivity contribution in [2.45, 2.75) is 65.0 Å². The Morgan fingerprint density at radius 3 is 2.72 bits per heavy atom. The third-order valence-corrected chi connectivity index (χ3v) is 4.18. The van der Waals surface area contributed by atoms with E-state index >= 15 is 0 Å². The van der Waals surface area contributed by atoms with Crippen LogP contribution in [0.3, 0.4) is 0 Å². The number of rotatable bonds is 6. The van der Waals surface area contributed by atoms with Crippen LogP contribution < -0.4 is 5.32 Å². The molecule has 1 saturated carbocycles. The first-order valence-corrected chi connectivity index (χ1v) is 7.57. The fraction of sp³-hybridized carbons (Fsp3) is 0.800. The summed E-state index contributed by atoms with van der Waals surface area (Å²) in [6.45, 7) is 6.56. The van der Waals surface area contributed by atoms with E-state index in [1.54, 1.807) is 0 Å². The van der Waals surface area contributed by atoms with Gasteiger partial charge in [0.2, 0.25) is 0 Å². The first kappa shape index (κ1) is 13.6. The molecule has 0 amide bonds. The van der Waals surface area contributed by atoms with Crippen molar-refractivity contribution in [3.8, 4) is 0 Å². The fourth-order valence-electron chi connectivity index (χ4n) is 2.90. The molecule has 1 N–H and O–H groups in total. The third-order valence-electron chi connectivity index (χ3n) is 4.18. The lowest BCUT2D eigenvalue weighted by Gasteiger charge is -2.27. The van der Waals surface area contributed by atoms with Gasteiger partial charge in [-0.3, -0.25) is 4.68 Å². The topological polar surface area (TPSA) is 29.9 Å². The van der Waals surface area contributed by atoms with E-state index < -0.39 is 0 Å². The molecule has 2 rings (SSSR count). The van der Waals surface area contributed by atoms with Gasteiger partial charge in [-0.15, -0.1) is 0 Å². The van der Waals surface area contributed by atoms with Gasteiger partial charge < -0.3 is 5.32 Å². The average molecular weight is 249 g/mol. The second-order valence-electron chi connectivity index (χ2n) is 5.59. The molecule has 1 aromatic heterocycles. The lowest BCUT2D eigenvalue weighted by atomic mass is 9.85. The van der Waals surface area contributed by atoms with Crippen LogP contribution in [0.5, 0.6) is 0 Å². The highest BCUT2D eigenvalue weighted by Gasteiger charge is 2.21. The molecule has 18 heavy (non-hydrogen) atoms. The third kappa shape index (κ3) is 3.58. The number of nitrogens with zero attached hydrogens (tertiary/aromatic N) is 2. The van der Waals surface area contributed by atoms with Crippen LogP contribution in [0.1, 0.15) is 64.0 Å². The second kappa shape index (κ2) is 6.93. The van der Waals surface area contributed by atoms with Gasteiger partial charge in [-0.05, 0) is 44.6 Å². The van der Waals surface area contributed by atoms with Crippen LogP contribution in [-0.2, 0) is 6.54 Å². The van der Waals surface area contributed by atoms with Crippen LogP contribution in [-0.4, -0.2) is 16.3 Å². The Balaban J connectivity index is 1.82. The largest absolute Gasteiger partial charge is 0.313 e. The van der Waals surface area contributed by atoms with Crippen molar-refractivity contribution in [2.24, 2.45) is 5.92 Å². The van der Waals surface area contributed by atoms with Crippen molar-refractivity contribution in [1.29, 1.82) is 0 Å². The molecule has 1 heterocycles. The van der Waals surface area contributed by atoms with E-state index in [4.69, 9.17) is 0 Å². The van der Waals surface area contributed by atoms with Gasteiger partial charge in [0.05, 0.1) is 12.2 Å². The van der Waals surface area contributed by atoms with Crippen molar-refractivity contribution in [2.75, 3.05) is 6.54 Å². The average Bonchev–Trinajstić information content (AvgIpc) is 2.88. The number of hydrogen-bond acceptors (Lipinski definition) is 2. The summed E-state index contributed by atoms with van der Waals surface area (Å²) in [5.41, 5.74) is 1.32. The van der Waals surface area contributed by atoms with Crippen molar-refractivity contribution < 1.29 is 0 Å². The Bertz CT molecular complexity index is 337. The molecule has 0 atom stereocenters. The molecule has 1 aliphatic rings. The minimum atomic E-state index is 0.646. The Morgan fingerprint density at radius 1 is 1.28 bits per heavy atom. The molecule has 0 radical (unpaired) electrons. The van der Waals surface area contributed by atoms with E-state index in [1.165, 1.54) is 44.1 Å².